The maximum absolute atomic E-state index is 12.6. The fourth-order valence-corrected chi connectivity index (χ4v) is 3.15. The van der Waals surface area contributed by atoms with Crippen molar-refractivity contribution in [3.63, 3.8) is 0 Å². The number of amides is 1. The molecule has 0 saturated heterocycles. The number of rotatable bonds is 5. The Morgan fingerprint density at radius 2 is 2.17 bits per heavy atom. The lowest BCUT2D eigenvalue weighted by molar-refractivity contribution is -0.388. The van der Waals surface area contributed by atoms with Crippen molar-refractivity contribution in [2.75, 3.05) is 11.1 Å². The molecule has 0 aliphatic heterocycles. The lowest BCUT2D eigenvalue weighted by Crippen LogP contribution is -2.14. The number of thioether (sulfide) groups is 1. The number of anilines is 1. The summed E-state index contributed by atoms with van der Waals surface area (Å²) in [5.41, 5.74) is -1.80. The van der Waals surface area contributed by atoms with E-state index in [9.17, 15) is 28.1 Å². The second-order valence-electron chi connectivity index (χ2n) is 4.55. The van der Waals surface area contributed by atoms with Crippen molar-refractivity contribution >= 4 is 39.8 Å². The predicted octanol–water partition coefficient (Wildman–Crippen LogP) is 4.11. The zero-order valence-electron chi connectivity index (χ0n) is 12.1. The van der Waals surface area contributed by atoms with E-state index < -0.39 is 28.3 Å². The molecule has 0 aliphatic rings. The maximum Gasteiger partial charge on any atom is 0.416 e. The molecule has 11 heteroatoms. The highest BCUT2D eigenvalue weighted by molar-refractivity contribution is 8.00. The highest BCUT2D eigenvalue weighted by atomic mass is 32.2. The maximum atomic E-state index is 12.6. The summed E-state index contributed by atoms with van der Waals surface area (Å²) >= 11 is 2.05. The molecule has 0 atom stereocenters. The molecule has 0 aliphatic carbocycles. The number of aryl methyl sites for hydroxylation is 1. The van der Waals surface area contributed by atoms with Crippen molar-refractivity contribution in [3.8, 4) is 0 Å². The molecule has 24 heavy (non-hydrogen) atoms. The average Bonchev–Trinajstić information content (AvgIpc) is 2.89. The van der Waals surface area contributed by atoms with Gasteiger partial charge in [0.2, 0.25) is 5.91 Å². The van der Waals surface area contributed by atoms with Gasteiger partial charge in [-0.15, -0.1) is 23.1 Å². The van der Waals surface area contributed by atoms with Gasteiger partial charge in [0.25, 0.3) is 5.69 Å². The van der Waals surface area contributed by atoms with Crippen LogP contribution in [0.1, 0.15) is 10.4 Å². The summed E-state index contributed by atoms with van der Waals surface area (Å²) in [7, 11) is 0. The van der Waals surface area contributed by atoms with Gasteiger partial charge >= 0.3 is 6.18 Å². The van der Waals surface area contributed by atoms with Gasteiger partial charge in [-0.25, -0.2) is 4.98 Å². The highest BCUT2D eigenvalue weighted by Gasteiger charge is 2.33. The number of nitro benzene ring substituents is 1. The van der Waals surface area contributed by atoms with Gasteiger partial charge in [0.05, 0.1) is 21.1 Å². The van der Waals surface area contributed by atoms with E-state index in [1.807, 2.05) is 6.92 Å². The van der Waals surface area contributed by atoms with Crippen molar-refractivity contribution in [3.05, 3.63) is 45.0 Å². The molecule has 128 valence electrons. The number of nitrogens with one attached hydrogen (secondary N) is 1. The molecule has 1 aromatic heterocycles. The lowest BCUT2D eigenvalue weighted by Gasteiger charge is -2.08. The van der Waals surface area contributed by atoms with E-state index >= 15 is 0 Å². The van der Waals surface area contributed by atoms with Crippen LogP contribution in [-0.2, 0) is 11.0 Å². The topological polar surface area (TPSA) is 85.1 Å². The molecular formula is C13H10F3N3O3S2. The quantitative estimate of drug-likeness (QED) is 0.481. The summed E-state index contributed by atoms with van der Waals surface area (Å²) in [4.78, 5) is 26.7. The van der Waals surface area contributed by atoms with Crippen molar-refractivity contribution in [1.29, 1.82) is 0 Å². The second-order valence-corrected chi connectivity index (χ2v) is 6.80. The molecule has 0 saturated carbocycles. The summed E-state index contributed by atoms with van der Waals surface area (Å²) in [6.45, 7) is 1.81. The number of hydrogen-bond acceptors (Lipinski definition) is 6. The van der Waals surface area contributed by atoms with E-state index in [4.69, 9.17) is 0 Å². The molecule has 0 bridgehead atoms. The Balaban J connectivity index is 2.08. The number of carbonyl (C=O) groups is 1. The smallest absolute Gasteiger partial charge is 0.301 e. The van der Waals surface area contributed by atoms with E-state index in [0.717, 1.165) is 28.8 Å². The normalized spacial score (nSPS) is 11.3. The fraction of sp³-hybridized carbons (Fsp3) is 0.231. The highest BCUT2D eigenvalue weighted by Crippen LogP contribution is 2.36. The van der Waals surface area contributed by atoms with Crippen LogP contribution in [0.25, 0.3) is 0 Å². The van der Waals surface area contributed by atoms with Crippen molar-refractivity contribution in [1.82, 2.24) is 4.98 Å². The molecule has 6 nitrogen and oxygen atoms in total. The van der Waals surface area contributed by atoms with Crippen LogP contribution in [0.4, 0.5) is 24.0 Å². The molecule has 1 N–H and O–H groups in total. The molecule has 2 aromatic rings. The van der Waals surface area contributed by atoms with Gasteiger partial charge < -0.3 is 5.32 Å². The molecule has 1 amide bonds. The average molecular weight is 377 g/mol. The summed E-state index contributed by atoms with van der Waals surface area (Å²) < 4.78 is 37.9. The Hall–Kier alpha value is -2.14. The number of halogens is 3. The standard InChI is InChI=1S/C13H10F3N3O3S2/c1-7-5-17-12(24-7)18-11(20)6-23-10-3-2-8(13(14,15)16)4-9(10)19(21)22/h2-5H,6H2,1H3,(H,17,18,20). The van der Waals surface area contributed by atoms with Crippen LogP contribution >= 0.6 is 23.1 Å². The third-order valence-electron chi connectivity index (χ3n) is 2.71. The van der Waals surface area contributed by atoms with Crippen molar-refractivity contribution in [2.24, 2.45) is 0 Å². The first-order chi connectivity index (χ1) is 11.2. The van der Waals surface area contributed by atoms with E-state index in [0.29, 0.717) is 11.2 Å². The van der Waals surface area contributed by atoms with Crippen LogP contribution < -0.4 is 5.32 Å². The first-order valence-corrected chi connectivity index (χ1v) is 8.18. The minimum atomic E-state index is -4.67. The first-order valence-electron chi connectivity index (χ1n) is 6.37. The first kappa shape index (κ1) is 18.2. The molecule has 0 fully saturated rings. The molecule has 0 spiro atoms. The van der Waals surface area contributed by atoms with Gasteiger partial charge in [0, 0.05) is 17.1 Å². The Morgan fingerprint density at radius 3 is 2.71 bits per heavy atom. The predicted molar refractivity (Wildman–Crippen MR) is 84.3 cm³/mol. The summed E-state index contributed by atoms with van der Waals surface area (Å²) in [5, 5.41) is 13.9. The minimum Gasteiger partial charge on any atom is -0.301 e. The van der Waals surface area contributed by atoms with Crippen LogP contribution in [0.5, 0.6) is 0 Å². The number of alkyl halides is 3. The van der Waals surface area contributed by atoms with Crippen molar-refractivity contribution < 1.29 is 22.9 Å². The Morgan fingerprint density at radius 1 is 1.46 bits per heavy atom. The van der Waals surface area contributed by atoms with Crippen LogP contribution in [0, 0.1) is 17.0 Å². The van der Waals surface area contributed by atoms with E-state index in [-0.39, 0.29) is 10.6 Å². The van der Waals surface area contributed by atoms with Gasteiger partial charge in [-0.1, -0.05) is 0 Å². The SMILES string of the molecule is Cc1cnc(NC(=O)CSc2ccc(C(F)(F)F)cc2[N+](=O)[O-])s1. The minimum absolute atomic E-state index is 0.0153. The van der Waals surface area contributed by atoms with Crippen LogP contribution in [-0.4, -0.2) is 21.6 Å². The number of hydrogen-bond donors (Lipinski definition) is 1. The van der Waals surface area contributed by atoms with Gasteiger partial charge in [0.15, 0.2) is 5.13 Å². The number of aromatic nitrogens is 1. The van der Waals surface area contributed by atoms with E-state index in [1.54, 1.807) is 6.20 Å². The number of thiazole rings is 1. The van der Waals surface area contributed by atoms with Crippen LogP contribution in [0.2, 0.25) is 0 Å². The van der Waals surface area contributed by atoms with Crippen molar-refractivity contribution in [2.45, 2.75) is 18.0 Å². The third-order valence-corrected chi connectivity index (χ3v) is 4.60. The van der Waals surface area contributed by atoms with Gasteiger partial charge in [-0.2, -0.15) is 13.2 Å². The molecule has 2 rings (SSSR count). The molecular weight excluding hydrogens is 367 g/mol. The van der Waals surface area contributed by atoms with Crippen LogP contribution in [0.15, 0.2) is 29.3 Å². The monoisotopic (exact) mass is 377 g/mol. The molecule has 1 aromatic carbocycles. The van der Waals surface area contributed by atoms with Crippen LogP contribution in [0.3, 0.4) is 0 Å². The fourth-order valence-electron chi connectivity index (χ4n) is 1.67. The largest absolute Gasteiger partial charge is 0.416 e. The Kier molecular flexibility index (Phi) is 5.44. The zero-order chi connectivity index (χ0) is 17.9. The molecule has 0 unspecified atom stereocenters. The number of nitrogens with zero attached hydrogens (tertiary/aromatic N) is 2. The third kappa shape index (κ3) is 4.68. The van der Waals surface area contributed by atoms with E-state index in [2.05, 4.69) is 10.3 Å². The Bertz CT molecular complexity index is 777. The van der Waals surface area contributed by atoms with Gasteiger partial charge in [-0.3, -0.25) is 14.9 Å². The number of carbonyl (C=O) groups excluding carboxylic acids is 1. The molecule has 1 heterocycles. The second kappa shape index (κ2) is 7.18. The van der Waals surface area contributed by atoms with Gasteiger partial charge in [0.1, 0.15) is 0 Å². The number of nitro groups is 1. The lowest BCUT2D eigenvalue weighted by atomic mass is 10.2. The van der Waals surface area contributed by atoms with Gasteiger partial charge in [-0.05, 0) is 19.1 Å². The summed E-state index contributed by atoms with van der Waals surface area (Å²) in [6.07, 6.45) is -3.10. The summed E-state index contributed by atoms with van der Waals surface area (Å²) in [6, 6.07) is 2.20. The Labute approximate surface area is 142 Å². The molecule has 0 radical (unpaired) electrons. The number of benzene rings is 1. The zero-order valence-corrected chi connectivity index (χ0v) is 13.7. The summed E-state index contributed by atoms with van der Waals surface area (Å²) in [5.74, 6) is -0.645. The van der Waals surface area contributed by atoms with E-state index in [1.165, 1.54) is 11.3 Å².